The summed E-state index contributed by atoms with van der Waals surface area (Å²) in [5, 5.41) is 0. The zero-order valence-electron chi connectivity index (χ0n) is 31.8. The van der Waals surface area contributed by atoms with Crippen LogP contribution < -0.4 is 0 Å². The summed E-state index contributed by atoms with van der Waals surface area (Å²) >= 11 is 0. The Hall–Kier alpha value is -2.50. The van der Waals surface area contributed by atoms with E-state index in [4.69, 9.17) is 18.9 Å². The minimum Gasteiger partial charge on any atom is -0.348 e. The van der Waals surface area contributed by atoms with Crippen molar-refractivity contribution >= 4 is 0 Å². The highest BCUT2D eigenvalue weighted by Crippen LogP contribution is 2.35. The van der Waals surface area contributed by atoms with Crippen LogP contribution in [0.5, 0.6) is 0 Å². The Morgan fingerprint density at radius 1 is 0.420 bits per heavy atom. The summed E-state index contributed by atoms with van der Waals surface area (Å²) < 4.78 is 25.1. The number of hydrogen-bond acceptors (Lipinski definition) is 4. The first-order valence-corrected chi connectivity index (χ1v) is 20.4. The van der Waals surface area contributed by atoms with Gasteiger partial charge in [-0.05, 0) is 48.9 Å². The van der Waals surface area contributed by atoms with Gasteiger partial charge in [0.05, 0.1) is 25.4 Å². The average Bonchev–Trinajstić information content (AvgIpc) is 3.15. The lowest BCUT2D eigenvalue weighted by Crippen LogP contribution is -2.34. The van der Waals surface area contributed by atoms with Crippen LogP contribution in [0.25, 0.3) is 22.3 Å². The summed E-state index contributed by atoms with van der Waals surface area (Å²) in [6.45, 7) is 10.6. The second kappa shape index (κ2) is 21.1. The summed E-state index contributed by atoms with van der Waals surface area (Å²) in [7, 11) is 0. The van der Waals surface area contributed by atoms with Crippen molar-refractivity contribution in [3.63, 3.8) is 0 Å². The zero-order chi connectivity index (χ0) is 35.0. The molecular weight excluding hydrogens is 617 g/mol. The van der Waals surface area contributed by atoms with Gasteiger partial charge in [-0.1, -0.05) is 177 Å². The molecule has 2 saturated heterocycles. The number of ether oxygens (including phenoxy) is 4. The quantitative estimate of drug-likeness (QED) is 0.111. The van der Waals surface area contributed by atoms with E-state index in [0.717, 1.165) is 24.3 Å². The first kappa shape index (κ1) is 38.7. The molecule has 0 saturated carbocycles. The second-order valence-electron chi connectivity index (χ2n) is 15.2. The van der Waals surface area contributed by atoms with Gasteiger partial charge in [0, 0.05) is 23.0 Å². The van der Waals surface area contributed by atoms with Gasteiger partial charge in [0.25, 0.3) is 0 Å². The van der Waals surface area contributed by atoms with Crippen LogP contribution in [0.2, 0.25) is 0 Å². The van der Waals surface area contributed by atoms with E-state index in [-0.39, 0.29) is 24.8 Å². The van der Waals surface area contributed by atoms with Crippen molar-refractivity contribution in [2.45, 2.75) is 155 Å². The standard InChI is InChI=1S/C46H66O4/c1-5-7-9-11-13-15-17-19-43-33-47-45(49-35(43)3)41-29-25-39(26-30-41)37-21-23-38(24-22-37)40-27-31-42(32-28-40)46-48-34-44(36(4)50-46)20-18-16-14-12-10-8-6-2/h21-32,35-36,43-46H,5-20,33-34H2,1-4H3/t35?,36?,43-,44-,45-,46-/m1/s1. The molecule has 2 aliphatic heterocycles. The van der Waals surface area contributed by atoms with Crippen molar-refractivity contribution in [1.82, 2.24) is 0 Å². The zero-order valence-corrected chi connectivity index (χ0v) is 31.8. The molecule has 3 aromatic rings. The average molecular weight is 683 g/mol. The van der Waals surface area contributed by atoms with Crippen LogP contribution in [-0.2, 0) is 18.9 Å². The lowest BCUT2D eigenvalue weighted by atomic mass is 9.95. The fourth-order valence-electron chi connectivity index (χ4n) is 7.62. The Balaban J connectivity index is 1.04. The molecule has 6 atom stereocenters. The van der Waals surface area contributed by atoms with E-state index in [0.29, 0.717) is 11.8 Å². The van der Waals surface area contributed by atoms with Crippen LogP contribution in [0, 0.1) is 11.8 Å². The summed E-state index contributed by atoms with van der Waals surface area (Å²) in [4.78, 5) is 0. The predicted molar refractivity (Wildman–Crippen MR) is 208 cm³/mol. The molecule has 0 aliphatic carbocycles. The third-order valence-corrected chi connectivity index (χ3v) is 11.2. The second-order valence-corrected chi connectivity index (χ2v) is 15.2. The highest BCUT2D eigenvalue weighted by atomic mass is 16.7. The smallest absolute Gasteiger partial charge is 0.184 e. The van der Waals surface area contributed by atoms with E-state index >= 15 is 0 Å². The van der Waals surface area contributed by atoms with Gasteiger partial charge in [-0.25, -0.2) is 0 Å². The van der Waals surface area contributed by atoms with Crippen molar-refractivity contribution in [2.75, 3.05) is 13.2 Å². The van der Waals surface area contributed by atoms with Gasteiger partial charge in [0.1, 0.15) is 0 Å². The van der Waals surface area contributed by atoms with E-state index in [1.54, 1.807) is 0 Å². The highest BCUT2D eigenvalue weighted by molar-refractivity contribution is 5.70. The van der Waals surface area contributed by atoms with Gasteiger partial charge in [-0.3, -0.25) is 0 Å². The van der Waals surface area contributed by atoms with Crippen molar-refractivity contribution in [3.8, 4) is 22.3 Å². The number of unbranched alkanes of at least 4 members (excludes halogenated alkanes) is 12. The molecule has 4 nitrogen and oxygen atoms in total. The van der Waals surface area contributed by atoms with E-state index in [1.165, 1.54) is 125 Å². The van der Waals surface area contributed by atoms with Crippen LogP contribution in [-0.4, -0.2) is 25.4 Å². The third-order valence-electron chi connectivity index (χ3n) is 11.2. The lowest BCUT2D eigenvalue weighted by Gasteiger charge is -2.35. The maximum absolute atomic E-state index is 6.35. The third kappa shape index (κ3) is 11.8. The maximum atomic E-state index is 6.35. The molecule has 2 aliphatic rings. The minimum absolute atomic E-state index is 0.221. The maximum Gasteiger partial charge on any atom is 0.184 e. The Labute approximate surface area is 304 Å². The van der Waals surface area contributed by atoms with Crippen LogP contribution in [0.1, 0.15) is 154 Å². The Kier molecular flexibility index (Phi) is 16.4. The molecule has 4 heteroatoms. The molecule has 5 rings (SSSR count). The van der Waals surface area contributed by atoms with Crippen molar-refractivity contribution < 1.29 is 18.9 Å². The summed E-state index contributed by atoms with van der Waals surface area (Å²) in [5.41, 5.74) is 6.99. The molecule has 2 unspecified atom stereocenters. The summed E-state index contributed by atoms with van der Waals surface area (Å²) in [5.74, 6) is 0.983. The molecule has 0 spiro atoms. The normalized spacial score (nSPS) is 24.0. The van der Waals surface area contributed by atoms with Gasteiger partial charge in [0.15, 0.2) is 12.6 Å². The minimum atomic E-state index is -0.279. The van der Waals surface area contributed by atoms with E-state index in [9.17, 15) is 0 Å². The van der Waals surface area contributed by atoms with E-state index < -0.39 is 0 Å². The highest BCUT2D eigenvalue weighted by Gasteiger charge is 2.30. The van der Waals surface area contributed by atoms with Crippen molar-refractivity contribution in [3.05, 3.63) is 83.9 Å². The van der Waals surface area contributed by atoms with Crippen LogP contribution in [0.15, 0.2) is 72.8 Å². The first-order valence-electron chi connectivity index (χ1n) is 20.4. The fraction of sp³-hybridized carbons (Fsp3) is 0.609. The molecule has 2 fully saturated rings. The Morgan fingerprint density at radius 2 is 0.720 bits per heavy atom. The molecule has 0 radical (unpaired) electrons. The molecule has 3 aromatic carbocycles. The molecule has 0 N–H and O–H groups in total. The Morgan fingerprint density at radius 3 is 1.04 bits per heavy atom. The lowest BCUT2D eigenvalue weighted by molar-refractivity contribution is -0.237. The van der Waals surface area contributed by atoms with Crippen LogP contribution in [0.4, 0.5) is 0 Å². The number of hydrogen-bond donors (Lipinski definition) is 0. The molecule has 274 valence electrons. The first-order chi connectivity index (χ1) is 24.6. The number of benzene rings is 3. The van der Waals surface area contributed by atoms with Gasteiger partial charge < -0.3 is 18.9 Å². The summed E-state index contributed by atoms with van der Waals surface area (Å²) in [6.07, 6.45) is 21.1. The summed E-state index contributed by atoms with van der Waals surface area (Å²) in [6, 6.07) is 26.2. The van der Waals surface area contributed by atoms with Crippen LogP contribution >= 0.6 is 0 Å². The van der Waals surface area contributed by atoms with Gasteiger partial charge in [0.2, 0.25) is 0 Å². The van der Waals surface area contributed by atoms with E-state index in [2.05, 4.69) is 100 Å². The molecule has 0 bridgehead atoms. The SMILES string of the molecule is CCCCCCCCC[C@@H]1CO[C@@H](c2ccc(-c3ccc(-c4ccc([C@@H]5OC[C@@H](CCCCCCCCC)C(C)O5)cc4)cc3)cc2)OC1C. The van der Waals surface area contributed by atoms with E-state index in [1.807, 2.05) is 0 Å². The molecule has 0 aromatic heterocycles. The number of rotatable bonds is 20. The topological polar surface area (TPSA) is 36.9 Å². The van der Waals surface area contributed by atoms with Crippen LogP contribution in [0.3, 0.4) is 0 Å². The predicted octanol–water partition coefficient (Wildman–Crippen LogP) is 13.4. The van der Waals surface area contributed by atoms with Gasteiger partial charge in [-0.15, -0.1) is 0 Å². The fourth-order valence-corrected chi connectivity index (χ4v) is 7.62. The monoisotopic (exact) mass is 682 g/mol. The van der Waals surface area contributed by atoms with Crippen molar-refractivity contribution in [1.29, 1.82) is 0 Å². The largest absolute Gasteiger partial charge is 0.348 e. The molecule has 50 heavy (non-hydrogen) atoms. The van der Waals surface area contributed by atoms with Crippen molar-refractivity contribution in [2.24, 2.45) is 11.8 Å². The van der Waals surface area contributed by atoms with Gasteiger partial charge >= 0.3 is 0 Å². The molecular formula is C46H66O4. The molecule has 2 heterocycles. The van der Waals surface area contributed by atoms with Gasteiger partial charge in [-0.2, -0.15) is 0 Å². The Bertz CT molecular complexity index is 1230. The molecule has 0 amide bonds.